The van der Waals surface area contributed by atoms with Crippen molar-refractivity contribution in [1.29, 1.82) is 0 Å². The van der Waals surface area contributed by atoms with Crippen molar-refractivity contribution in [3.05, 3.63) is 70.2 Å². The van der Waals surface area contributed by atoms with Crippen molar-refractivity contribution in [2.45, 2.75) is 6.92 Å². The highest BCUT2D eigenvalue weighted by atomic mass is 35.5. The fourth-order valence-corrected chi connectivity index (χ4v) is 4.76. The molecule has 35 heavy (non-hydrogen) atoms. The molecule has 1 N–H and O–H groups in total. The van der Waals surface area contributed by atoms with E-state index in [9.17, 15) is 9.59 Å². The summed E-state index contributed by atoms with van der Waals surface area (Å²) in [4.78, 5) is 32.5. The first-order valence-electron chi connectivity index (χ1n) is 10.9. The molecule has 0 bridgehead atoms. The first-order valence-corrected chi connectivity index (χ1v) is 12.1. The molecule has 4 rings (SSSR count). The van der Waals surface area contributed by atoms with Crippen molar-refractivity contribution >= 4 is 39.1 Å². The lowest BCUT2D eigenvalue weighted by Crippen LogP contribution is -2.36. The monoisotopic (exact) mass is 513 g/mol. The molecule has 0 unspecified atom stereocenters. The van der Waals surface area contributed by atoms with E-state index in [0.29, 0.717) is 39.0 Å². The third-order valence-corrected chi connectivity index (χ3v) is 6.86. The Morgan fingerprint density at radius 2 is 1.94 bits per heavy atom. The molecule has 1 amide bonds. The maximum Gasteiger partial charge on any atom is 0.275 e. The van der Waals surface area contributed by atoms with Crippen LogP contribution < -0.4 is 15.0 Å². The number of ether oxygens (including phenoxy) is 2. The summed E-state index contributed by atoms with van der Waals surface area (Å²) >= 11 is 7.36. The molecule has 8 nitrogen and oxygen atoms in total. The fourth-order valence-electron chi connectivity index (χ4n) is 3.59. The average Bonchev–Trinajstić information content (AvgIpc) is 3.32. The van der Waals surface area contributed by atoms with Crippen LogP contribution in [0.4, 0.5) is 0 Å². The molecule has 2 heterocycles. The Morgan fingerprint density at radius 3 is 2.63 bits per heavy atom. The van der Waals surface area contributed by atoms with E-state index >= 15 is 0 Å². The Bertz CT molecular complexity index is 1400. The molecule has 4 aromatic rings. The number of likely N-dealkylation sites (N-methyl/N-ethyl adjacent to an activating group) is 1. The van der Waals surface area contributed by atoms with Gasteiger partial charge in [0.25, 0.3) is 11.5 Å². The summed E-state index contributed by atoms with van der Waals surface area (Å²) in [7, 11) is 1.49. The second-order valence-corrected chi connectivity index (χ2v) is 9.06. The standard InChI is InChI=1S/C25H24ClN3O5S/c1-3-28(10-11-30)23(31)14-34-20-9-8-18(12-21(20)33-2)29-15-27-19-13-22(35-24(19)25(29)32)16-4-6-17(26)7-5-16/h4-9,12-13,15,30H,3,10-11,14H2,1-2H3. The first-order chi connectivity index (χ1) is 16.9. The van der Waals surface area contributed by atoms with Crippen LogP contribution in [0.1, 0.15) is 6.92 Å². The summed E-state index contributed by atoms with van der Waals surface area (Å²) in [5, 5.41) is 9.74. The third kappa shape index (κ3) is 5.32. The number of hydrogen-bond donors (Lipinski definition) is 1. The first kappa shape index (κ1) is 24.7. The molecule has 0 aliphatic rings. The van der Waals surface area contributed by atoms with Crippen molar-refractivity contribution in [1.82, 2.24) is 14.5 Å². The van der Waals surface area contributed by atoms with E-state index in [1.54, 1.807) is 18.2 Å². The van der Waals surface area contributed by atoms with Crippen LogP contribution in [-0.2, 0) is 4.79 Å². The molecule has 0 atom stereocenters. The van der Waals surface area contributed by atoms with Gasteiger partial charge in [-0.25, -0.2) is 4.98 Å². The van der Waals surface area contributed by atoms with E-state index in [4.69, 9.17) is 26.2 Å². The molecule has 2 aromatic carbocycles. The lowest BCUT2D eigenvalue weighted by molar-refractivity contribution is -0.133. The minimum absolute atomic E-state index is 0.115. The maximum absolute atomic E-state index is 13.3. The van der Waals surface area contributed by atoms with Gasteiger partial charge in [0.2, 0.25) is 0 Å². The Kier molecular flexibility index (Phi) is 7.70. The van der Waals surface area contributed by atoms with E-state index in [1.165, 1.54) is 34.2 Å². The zero-order chi connectivity index (χ0) is 24.9. The van der Waals surface area contributed by atoms with Crippen LogP contribution in [0.2, 0.25) is 5.02 Å². The summed E-state index contributed by atoms with van der Waals surface area (Å²) in [6.45, 7) is 2.24. The fraction of sp³-hybridized carbons (Fsp3) is 0.240. The number of fused-ring (bicyclic) bond motifs is 1. The van der Waals surface area contributed by atoms with Gasteiger partial charge in [-0.05, 0) is 42.8 Å². The number of amides is 1. The number of aromatic nitrogens is 2. The van der Waals surface area contributed by atoms with Gasteiger partial charge in [-0.15, -0.1) is 11.3 Å². The number of benzene rings is 2. The van der Waals surface area contributed by atoms with Gasteiger partial charge < -0.3 is 19.5 Å². The van der Waals surface area contributed by atoms with Crippen LogP contribution in [0.25, 0.3) is 26.3 Å². The van der Waals surface area contributed by atoms with Crippen LogP contribution >= 0.6 is 22.9 Å². The normalized spacial score (nSPS) is 11.0. The van der Waals surface area contributed by atoms with Crippen molar-refractivity contribution in [2.24, 2.45) is 0 Å². The molecule has 0 saturated heterocycles. The van der Waals surface area contributed by atoms with Crippen LogP contribution in [0.15, 0.2) is 59.7 Å². The Hall–Kier alpha value is -3.40. The predicted octanol–water partition coefficient (Wildman–Crippen LogP) is 4.00. The Morgan fingerprint density at radius 1 is 1.17 bits per heavy atom. The molecule has 0 saturated carbocycles. The molecule has 0 fully saturated rings. The number of carbonyl (C=O) groups is 1. The molecule has 182 valence electrons. The van der Waals surface area contributed by atoms with Gasteiger partial charge in [-0.2, -0.15) is 0 Å². The Balaban J connectivity index is 1.61. The summed E-state index contributed by atoms with van der Waals surface area (Å²) < 4.78 is 13.1. The van der Waals surface area contributed by atoms with Gasteiger partial charge in [0.1, 0.15) is 11.0 Å². The second kappa shape index (κ2) is 10.9. The number of carbonyl (C=O) groups excluding carboxylic acids is 1. The van der Waals surface area contributed by atoms with Crippen LogP contribution in [0, 0.1) is 0 Å². The highest BCUT2D eigenvalue weighted by molar-refractivity contribution is 7.22. The topological polar surface area (TPSA) is 93.9 Å². The highest BCUT2D eigenvalue weighted by Crippen LogP contribution is 2.33. The maximum atomic E-state index is 13.3. The van der Waals surface area contributed by atoms with E-state index in [2.05, 4.69) is 4.98 Å². The molecule has 10 heteroatoms. The molecular formula is C25H24ClN3O5S. The van der Waals surface area contributed by atoms with Crippen LogP contribution in [0.5, 0.6) is 11.5 Å². The summed E-state index contributed by atoms with van der Waals surface area (Å²) in [6, 6.07) is 14.3. The van der Waals surface area contributed by atoms with Gasteiger partial charge in [-0.3, -0.25) is 14.2 Å². The number of methoxy groups -OCH3 is 1. The van der Waals surface area contributed by atoms with Crippen molar-refractivity contribution in [3.63, 3.8) is 0 Å². The Labute approximate surface area is 210 Å². The summed E-state index contributed by atoms with van der Waals surface area (Å²) in [5.74, 6) is 0.501. The quantitative estimate of drug-likeness (QED) is 0.363. The van der Waals surface area contributed by atoms with Gasteiger partial charge in [0, 0.05) is 29.1 Å². The van der Waals surface area contributed by atoms with Crippen molar-refractivity contribution < 1.29 is 19.4 Å². The zero-order valence-corrected chi connectivity index (χ0v) is 20.8. The summed E-state index contributed by atoms with van der Waals surface area (Å²) in [5.41, 5.74) is 1.93. The van der Waals surface area contributed by atoms with E-state index in [-0.39, 0.29) is 31.2 Å². The smallest absolute Gasteiger partial charge is 0.275 e. The van der Waals surface area contributed by atoms with Gasteiger partial charge in [0.05, 0.1) is 24.9 Å². The van der Waals surface area contributed by atoms with E-state index in [1.807, 2.05) is 37.3 Å². The number of rotatable bonds is 9. The van der Waals surface area contributed by atoms with Crippen LogP contribution in [-0.4, -0.2) is 58.9 Å². The number of hydrogen-bond acceptors (Lipinski definition) is 7. The number of nitrogens with zero attached hydrogens (tertiary/aromatic N) is 3. The molecule has 0 aliphatic carbocycles. The lowest BCUT2D eigenvalue weighted by atomic mass is 10.2. The third-order valence-electron chi connectivity index (χ3n) is 5.45. The number of thiophene rings is 1. The molecule has 0 spiro atoms. The molecule has 2 aromatic heterocycles. The molecule has 0 radical (unpaired) electrons. The van der Waals surface area contributed by atoms with Crippen molar-refractivity contribution in [2.75, 3.05) is 33.4 Å². The zero-order valence-electron chi connectivity index (χ0n) is 19.2. The largest absolute Gasteiger partial charge is 0.493 e. The number of aliphatic hydroxyl groups is 1. The highest BCUT2D eigenvalue weighted by Gasteiger charge is 2.16. The average molecular weight is 514 g/mol. The van der Waals surface area contributed by atoms with Gasteiger partial charge in [0.15, 0.2) is 18.1 Å². The van der Waals surface area contributed by atoms with Gasteiger partial charge >= 0.3 is 0 Å². The van der Waals surface area contributed by atoms with Crippen molar-refractivity contribution in [3.8, 4) is 27.6 Å². The number of aliphatic hydroxyl groups excluding tert-OH is 1. The lowest BCUT2D eigenvalue weighted by Gasteiger charge is -2.20. The second-order valence-electron chi connectivity index (χ2n) is 7.57. The summed E-state index contributed by atoms with van der Waals surface area (Å²) in [6.07, 6.45) is 1.48. The van der Waals surface area contributed by atoms with E-state index in [0.717, 1.165) is 10.4 Å². The molecule has 0 aliphatic heterocycles. The SMILES string of the molecule is CCN(CCO)C(=O)COc1ccc(-n2cnc3cc(-c4ccc(Cl)cc4)sc3c2=O)cc1OC. The van der Waals surface area contributed by atoms with Crippen LogP contribution in [0.3, 0.4) is 0 Å². The molecular weight excluding hydrogens is 490 g/mol. The predicted molar refractivity (Wildman–Crippen MR) is 137 cm³/mol. The number of halogens is 1. The van der Waals surface area contributed by atoms with E-state index < -0.39 is 0 Å². The minimum Gasteiger partial charge on any atom is -0.493 e. The van der Waals surface area contributed by atoms with Gasteiger partial charge in [-0.1, -0.05) is 23.7 Å². The minimum atomic E-state index is -0.243.